The molecule has 0 aliphatic rings. The number of hydrogen-bond donors (Lipinski definition) is 2. The Bertz CT molecular complexity index is 1080. The molecule has 166 valence electrons. The number of nitrogens with zero attached hydrogens (tertiary/aromatic N) is 4. The number of rotatable bonds is 8. The van der Waals surface area contributed by atoms with E-state index in [1.807, 2.05) is 4.57 Å². The van der Waals surface area contributed by atoms with Crippen molar-refractivity contribution in [2.75, 3.05) is 12.3 Å². The van der Waals surface area contributed by atoms with Gasteiger partial charge in [-0.2, -0.15) is 0 Å². The normalized spacial score (nSPS) is 11.6. The van der Waals surface area contributed by atoms with Crippen LogP contribution in [-0.2, 0) is 23.5 Å². The van der Waals surface area contributed by atoms with Gasteiger partial charge in [0.1, 0.15) is 17.0 Å². The summed E-state index contributed by atoms with van der Waals surface area (Å²) < 4.78 is 21.3. The molecule has 1 aromatic carbocycles. The molecule has 10 heteroatoms. The van der Waals surface area contributed by atoms with Gasteiger partial charge in [0.25, 0.3) is 0 Å². The highest BCUT2D eigenvalue weighted by Crippen LogP contribution is 2.33. The highest BCUT2D eigenvalue weighted by Gasteiger charge is 2.23. The molecular formula is C21H26ClFN6O2. The number of aryl methyl sites for hydroxylation is 2. The second kappa shape index (κ2) is 9.47. The first-order chi connectivity index (χ1) is 14.7. The first kappa shape index (κ1) is 22.7. The summed E-state index contributed by atoms with van der Waals surface area (Å²) >= 11 is 6.28. The first-order valence-corrected chi connectivity index (χ1v) is 10.4. The van der Waals surface area contributed by atoms with E-state index in [2.05, 4.69) is 20.3 Å². The van der Waals surface area contributed by atoms with Gasteiger partial charge in [0.2, 0.25) is 0 Å². The molecule has 0 fully saturated rings. The summed E-state index contributed by atoms with van der Waals surface area (Å²) in [5.41, 5.74) is 6.60. The molecule has 0 aliphatic heterocycles. The minimum atomic E-state index is -1.56. The summed E-state index contributed by atoms with van der Waals surface area (Å²) in [6, 6.07) is 5.09. The van der Waals surface area contributed by atoms with Crippen molar-refractivity contribution in [2.45, 2.75) is 52.4 Å². The molecule has 0 unspecified atom stereocenters. The second-order valence-corrected chi connectivity index (χ2v) is 8.09. The number of nitrogens with two attached hydrogens (primary N) is 1. The van der Waals surface area contributed by atoms with E-state index in [-0.39, 0.29) is 13.2 Å². The lowest BCUT2D eigenvalue weighted by Gasteiger charge is -2.18. The molecule has 0 saturated carbocycles. The fourth-order valence-corrected chi connectivity index (χ4v) is 3.60. The molecule has 3 N–H and O–H groups in total. The summed E-state index contributed by atoms with van der Waals surface area (Å²) in [7, 11) is 0. The van der Waals surface area contributed by atoms with E-state index < -0.39 is 11.8 Å². The molecular weight excluding hydrogens is 423 g/mol. The molecule has 8 nitrogen and oxygen atoms in total. The lowest BCUT2D eigenvalue weighted by molar-refractivity contribution is 0.143. The number of aromatic nitrogens is 4. The first-order valence-electron chi connectivity index (χ1n) is 9.99. The predicted octanol–water partition coefficient (Wildman–Crippen LogP) is 4.28. The highest BCUT2D eigenvalue weighted by molar-refractivity contribution is 6.32. The zero-order valence-electron chi connectivity index (χ0n) is 17.8. The average Bonchev–Trinajstić information content (AvgIpc) is 3.09. The molecule has 2 heterocycles. The summed E-state index contributed by atoms with van der Waals surface area (Å²) in [6.45, 7) is 5.74. The van der Waals surface area contributed by atoms with E-state index in [9.17, 15) is 9.18 Å². The van der Waals surface area contributed by atoms with Gasteiger partial charge in [-0.15, -0.1) is 0 Å². The summed E-state index contributed by atoms with van der Waals surface area (Å²) in [6.07, 6.45) is 2.56. The van der Waals surface area contributed by atoms with Crippen molar-refractivity contribution in [3.63, 3.8) is 0 Å². The number of nitrogens with one attached hydrogen (secondary N) is 1. The van der Waals surface area contributed by atoms with Crippen LogP contribution in [0, 0.1) is 6.92 Å². The number of hydrogen-bond acceptors (Lipinski definition) is 6. The number of halogens is 2. The molecule has 0 spiro atoms. The second-order valence-electron chi connectivity index (χ2n) is 7.71. The van der Waals surface area contributed by atoms with E-state index in [0.717, 1.165) is 6.42 Å². The lowest BCUT2D eigenvalue weighted by atomic mass is 9.98. The standard InChI is InChI=1S/C21H26ClFN6O2/c1-13-27-18(24)17-19(28-13)29(12-26-17)9-4-5-10-31-20(30)25-11-14-7-6-8-15(16(14)22)21(2,3)23/h6-8,12H,4-5,9-11H2,1-3H3,(H,25,30)(H2,24,27,28). The van der Waals surface area contributed by atoms with Gasteiger partial charge in [-0.3, -0.25) is 0 Å². The van der Waals surface area contributed by atoms with Gasteiger partial charge in [0, 0.05) is 18.7 Å². The van der Waals surface area contributed by atoms with Gasteiger partial charge >= 0.3 is 6.09 Å². The third-order valence-corrected chi connectivity index (χ3v) is 5.22. The number of unbranched alkanes of at least 4 members (excludes halogenated alkanes) is 1. The van der Waals surface area contributed by atoms with Gasteiger partial charge in [0.05, 0.1) is 18.0 Å². The largest absolute Gasteiger partial charge is 0.450 e. The molecule has 31 heavy (non-hydrogen) atoms. The molecule has 0 saturated heterocycles. The number of amides is 1. The maximum Gasteiger partial charge on any atom is 0.407 e. The molecule has 3 rings (SSSR count). The van der Waals surface area contributed by atoms with Crippen LogP contribution >= 0.6 is 11.6 Å². The van der Waals surface area contributed by atoms with Crippen molar-refractivity contribution < 1.29 is 13.9 Å². The van der Waals surface area contributed by atoms with Crippen molar-refractivity contribution in [1.29, 1.82) is 0 Å². The fraction of sp³-hybridized carbons (Fsp3) is 0.429. The van der Waals surface area contributed by atoms with E-state index >= 15 is 0 Å². The molecule has 2 aromatic heterocycles. The summed E-state index contributed by atoms with van der Waals surface area (Å²) in [5.74, 6) is 0.953. The third kappa shape index (κ3) is 5.61. The monoisotopic (exact) mass is 448 g/mol. The Morgan fingerprint density at radius 3 is 2.84 bits per heavy atom. The zero-order chi connectivity index (χ0) is 22.6. The van der Waals surface area contributed by atoms with Crippen LogP contribution in [0.25, 0.3) is 11.2 Å². The van der Waals surface area contributed by atoms with Crippen molar-refractivity contribution in [1.82, 2.24) is 24.8 Å². The molecule has 0 radical (unpaired) electrons. The van der Waals surface area contributed by atoms with Crippen LogP contribution in [0.3, 0.4) is 0 Å². The quantitative estimate of drug-likeness (QED) is 0.498. The average molecular weight is 449 g/mol. The number of imidazole rings is 1. The minimum Gasteiger partial charge on any atom is -0.450 e. The van der Waals surface area contributed by atoms with Crippen molar-refractivity contribution in [3.8, 4) is 0 Å². The number of alkyl carbamates (subject to hydrolysis) is 1. The van der Waals surface area contributed by atoms with Crippen LogP contribution in [0.15, 0.2) is 24.5 Å². The number of alkyl halides is 1. The van der Waals surface area contributed by atoms with Crippen LogP contribution < -0.4 is 11.1 Å². The lowest BCUT2D eigenvalue weighted by Crippen LogP contribution is -2.24. The topological polar surface area (TPSA) is 108 Å². The number of ether oxygens (including phenoxy) is 1. The molecule has 0 bridgehead atoms. The molecule has 3 aromatic rings. The SMILES string of the molecule is Cc1nc(N)c2ncn(CCCCOC(=O)NCc3cccc(C(C)(C)F)c3Cl)c2n1. The van der Waals surface area contributed by atoms with Crippen molar-refractivity contribution in [2.24, 2.45) is 0 Å². The summed E-state index contributed by atoms with van der Waals surface area (Å²) in [4.78, 5) is 24.7. The molecule has 1 amide bonds. The van der Waals surface area contributed by atoms with Gasteiger partial charge in [-0.05, 0) is 39.2 Å². The van der Waals surface area contributed by atoms with Crippen molar-refractivity contribution in [3.05, 3.63) is 46.5 Å². The Morgan fingerprint density at radius 2 is 2.10 bits per heavy atom. The fourth-order valence-electron chi connectivity index (χ4n) is 3.19. The third-order valence-electron chi connectivity index (χ3n) is 4.77. The Labute approximate surface area is 185 Å². The number of fused-ring (bicyclic) bond motifs is 1. The number of nitrogen functional groups attached to an aromatic ring is 1. The minimum absolute atomic E-state index is 0.156. The Balaban J connectivity index is 1.43. The van der Waals surface area contributed by atoms with Crippen LogP contribution in [0.1, 0.15) is 43.6 Å². The van der Waals surface area contributed by atoms with E-state index in [1.165, 1.54) is 13.8 Å². The number of carbonyl (C=O) groups excluding carboxylic acids is 1. The highest BCUT2D eigenvalue weighted by atomic mass is 35.5. The number of anilines is 1. The maximum absolute atomic E-state index is 14.2. The van der Waals surface area contributed by atoms with Crippen LogP contribution in [0.5, 0.6) is 0 Å². The van der Waals surface area contributed by atoms with Crippen LogP contribution in [0.2, 0.25) is 5.02 Å². The maximum atomic E-state index is 14.2. The van der Waals surface area contributed by atoms with Crippen LogP contribution in [-0.4, -0.2) is 32.2 Å². The van der Waals surface area contributed by atoms with Gasteiger partial charge in [0.15, 0.2) is 11.5 Å². The smallest absolute Gasteiger partial charge is 0.407 e. The number of benzene rings is 1. The van der Waals surface area contributed by atoms with Gasteiger partial charge in [-0.1, -0.05) is 29.8 Å². The Kier molecular flexibility index (Phi) is 6.94. The molecule has 0 aliphatic carbocycles. The summed E-state index contributed by atoms with van der Waals surface area (Å²) in [5, 5.41) is 2.95. The van der Waals surface area contributed by atoms with Crippen molar-refractivity contribution >= 4 is 34.7 Å². The zero-order valence-corrected chi connectivity index (χ0v) is 18.5. The van der Waals surface area contributed by atoms with E-state index in [0.29, 0.717) is 51.9 Å². The molecule has 0 atom stereocenters. The Hall–Kier alpha value is -2.94. The Morgan fingerprint density at radius 1 is 1.32 bits per heavy atom. The van der Waals surface area contributed by atoms with E-state index in [1.54, 1.807) is 31.5 Å². The number of carbonyl (C=O) groups is 1. The van der Waals surface area contributed by atoms with Gasteiger partial charge < -0.3 is 20.4 Å². The van der Waals surface area contributed by atoms with Gasteiger partial charge in [-0.25, -0.2) is 24.1 Å². The van der Waals surface area contributed by atoms with Crippen LogP contribution in [0.4, 0.5) is 15.0 Å². The predicted molar refractivity (Wildman–Crippen MR) is 117 cm³/mol. The van der Waals surface area contributed by atoms with E-state index in [4.69, 9.17) is 22.1 Å².